The first-order valence-electron chi connectivity index (χ1n) is 31.3. The fraction of sp³-hybridized carbons (Fsp3) is 0.873. The second-order valence-electron chi connectivity index (χ2n) is 21.7. The van der Waals surface area contributed by atoms with E-state index < -0.39 is 67.3 Å². The zero-order chi connectivity index (χ0) is 54.7. The van der Waals surface area contributed by atoms with Gasteiger partial charge in [0.05, 0.1) is 6.61 Å². The highest BCUT2D eigenvalue weighted by atomic mass is 16.7. The number of hydrogen-bond acceptors (Lipinski definition) is 11. The number of allylic oxidation sites excluding steroid dienone is 4. The summed E-state index contributed by atoms with van der Waals surface area (Å²) in [5, 5.41) is 31.5. The molecule has 0 bridgehead atoms. The summed E-state index contributed by atoms with van der Waals surface area (Å²) < 4.78 is 28.5. The van der Waals surface area contributed by atoms with Gasteiger partial charge in [-0.05, 0) is 70.6 Å². The third kappa shape index (κ3) is 41.9. The van der Waals surface area contributed by atoms with Gasteiger partial charge in [0.1, 0.15) is 18.8 Å². The van der Waals surface area contributed by atoms with Crippen LogP contribution >= 0.6 is 0 Å². The van der Waals surface area contributed by atoms with E-state index in [1.807, 2.05) is 0 Å². The van der Waals surface area contributed by atoms with E-state index in [1.54, 1.807) is 0 Å². The summed E-state index contributed by atoms with van der Waals surface area (Å²) in [7, 11) is 0. The molecule has 438 valence electrons. The first-order valence-corrected chi connectivity index (χ1v) is 31.3. The fourth-order valence-corrected chi connectivity index (χ4v) is 9.65. The molecule has 0 aromatic carbocycles. The monoisotopic (exact) mass is 1060 g/mol. The highest BCUT2D eigenvalue weighted by Gasteiger charge is 2.50. The van der Waals surface area contributed by atoms with Crippen molar-refractivity contribution in [1.82, 2.24) is 0 Å². The minimum absolute atomic E-state index is 0.0657. The summed E-state index contributed by atoms with van der Waals surface area (Å²) in [6.07, 6.45) is 47.2. The molecule has 0 aliphatic carbocycles. The molecule has 0 radical (unpaired) electrons. The minimum Gasteiger partial charge on any atom is -0.479 e. The van der Waals surface area contributed by atoms with Gasteiger partial charge in [-0.25, -0.2) is 4.79 Å². The summed E-state index contributed by atoms with van der Waals surface area (Å²) in [4.78, 5) is 51.2. The van der Waals surface area contributed by atoms with Gasteiger partial charge in [0.25, 0.3) is 0 Å². The topological polar surface area (TPSA) is 175 Å². The molecule has 1 fully saturated rings. The van der Waals surface area contributed by atoms with Gasteiger partial charge in [-0.15, -0.1) is 0 Å². The van der Waals surface area contributed by atoms with E-state index in [-0.39, 0.29) is 25.9 Å². The Bertz CT molecular complexity index is 1400. The Kier molecular flexibility index (Phi) is 48.6. The van der Waals surface area contributed by atoms with Crippen molar-refractivity contribution in [3.05, 3.63) is 24.3 Å². The first-order chi connectivity index (χ1) is 36.6. The number of carboxylic acids is 1. The average molecular weight is 1060 g/mol. The Balaban J connectivity index is 2.64. The number of carbonyl (C=O) groups is 4. The predicted molar refractivity (Wildman–Crippen MR) is 303 cm³/mol. The van der Waals surface area contributed by atoms with Crippen LogP contribution in [-0.4, -0.2) is 89.2 Å². The lowest BCUT2D eigenvalue weighted by Gasteiger charge is -2.40. The molecule has 1 aliphatic heterocycles. The van der Waals surface area contributed by atoms with Crippen LogP contribution in [0.1, 0.15) is 303 Å². The van der Waals surface area contributed by atoms with Crippen molar-refractivity contribution in [2.75, 3.05) is 13.2 Å². The molecule has 0 saturated carbocycles. The van der Waals surface area contributed by atoms with Gasteiger partial charge < -0.3 is 39.0 Å². The maximum absolute atomic E-state index is 13.1. The van der Waals surface area contributed by atoms with Gasteiger partial charge in [0.2, 0.25) is 0 Å². The highest BCUT2D eigenvalue weighted by molar-refractivity contribution is 5.74. The van der Waals surface area contributed by atoms with Crippen molar-refractivity contribution >= 4 is 23.9 Å². The highest BCUT2D eigenvalue weighted by Crippen LogP contribution is 2.27. The van der Waals surface area contributed by atoms with Crippen molar-refractivity contribution < 1.29 is 58.2 Å². The average Bonchev–Trinajstić information content (AvgIpc) is 3.39. The van der Waals surface area contributed by atoms with Crippen LogP contribution in [0.3, 0.4) is 0 Å². The summed E-state index contributed by atoms with van der Waals surface area (Å²) in [6.45, 7) is 6.00. The molecule has 6 atom stereocenters. The van der Waals surface area contributed by atoms with Crippen LogP contribution in [0.5, 0.6) is 0 Å². The van der Waals surface area contributed by atoms with Crippen molar-refractivity contribution in [3.8, 4) is 0 Å². The van der Waals surface area contributed by atoms with Gasteiger partial charge >= 0.3 is 23.9 Å². The van der Waals surface area contributed by atoms with Gasteiger partial charge in [0, 0.05) is 19.3 Å². The van der Waals surface area contributed by atoms with Crippen LogP contribution in [-0.2, 0) is 42.9 Å². The minimum atomic E-state index is -1.90. The molecule has 1 heterocycles. The Morgan fingerprint density at radius 1 is 0.427 bits per heavy atom. The molecule has 0 aromatic rings. The van der Waals surface area contributed by atoms with Crippen LogP contribution in [0.4, 0.5) is 0 Å². The molecule has 3 N–H and O–H groups in total. The first kappa shape index (κ1) is 70.2. The number of rotatable bonds is 54. The molecule has 0 amide bonds. The van der Waals surface area contributed by atoms with Gasteiger partial charge in [-0.2, -0.15) is 0 Å². The van der Waals surface area contributed by atoms with E-state index in [0.29, 0.717) is 19.3 Å². The Morgan fingerprint density at radius 2 is 0.760 bits per heavy atom. The van der Waals surface area contributed by atoms with Crippen molar-refractivity contribution in [2.45, 2.75) is 340 Å². The maximum Gasteiger partial charge on any atom is 0.335 e. The number of carbonyl (C=O) groups excluding carboxylic acids is 3. The van der Waals surface area contributed by atoms with Crippen molar-refractivity contribution in [2.24, 2.45) is 0 Å². The molecule has 0 spiro atoms. The SMILES string of the molecule is CCCCCC/C=C\CCCCCCCC(=O)OC(COC(=O)CCCCCCCCCCC/C=C\CCCCCCCC)COC1OC(C(=O)O)C(O)C(O)C1OC(=O)CCCCCCCCCCCCCCC. The number of carboxylic acid groups (broad SMARTS) is 1. The number of aliphatic hydroxyl groups excluding tert-OH is 2. The van der Waals surface area contributed by atoms with E-state index >= 15 is 0 Å². The van der Waals surface area contributed by atoms with E-state index in [9.17, 15) is 34.5 Å². The lowest BCUT2D eigenvalue weighted by Crippen LogP contribution is -2.61. The lowest BCUT2D eigenvalue weighted by atomic mass is 9.98. The van der Waals surface area contributed by atoms with Crippen LogP contribution in [0.15, 0.2) is 24.3 Å². The third-order valence-electron chi connectivity index (χ3n) is 14.5. The van der Waals surface area contributed by atoms with Crippen LogP contribution in [0.2, 0.25) is 0 Å². The Morgan fingerprint density at radius 3 is 1.15 bits per heavy atom. The second kappa shape index (κ2) is 51.9. The quantitative estimate of drug-likeness (QED) is 0.0228. The molecule has 75 heavy (non-hydrogen) atoms. The van der Waals surface area contributed by atoms with Crippen LogP contribution in [0, 0.1) is 0 Å². The van der Waals surface area contributed by atoms with E-state index in [4.69, 9.17) is 23.7 Å². The maximum atomic E-state index is 13.1. The summed E-state index contributed by atoms with van der Waals surface area (Å²) >= 11 is 0. The number of hydrogen-bond donors (Lipinski definition) is 3. The van der Waals surface area contributed by atoms with E-state index in [1.165, 1.54) is 161 Å². The zero-order valence-corrected chi connectivity index (χ0v) is 48.3. The standard InChI is InChI=1S/C63H114O12/c1-4-7-10-13-16-19-22-25-26-27-28-29-30-33-34-37-40-43-46-49-55(64)71-52-54(73-56(65)50-47-44-41-38-35-31-23-20-17-14-11-8-5-2)53-72-63-61(59(68)58(67)60(75-63)62(69)70)74-57(66)51-48-45-42-39-36-32-24-21-18-15-12-9-6-3/h20,23,25-26,54,58-61,63,67-68H,4-19,21-22,24,27-53H2,1-3H3,(H,69,70)/b23-20-,26-25-. The number of esters is 3. The summed E-state index contributed by atoms with van der Waals surface area (Å²) in [6, 6.07) is 0. The Labute approximate surface area is 458 Å². The van der Waals surface area contributed by atoms with Gasteiger partial charge in [-0.3, -0.25) is 14.4 Å². The van der Waals surface area contributed by atoms with Crippen molar-refractivity contribution in [3.63, 3.8) is 0 Å². The molecule has 1 rings (SSSR count). The van der Waals surface area contributed by atoms with E-state index in [0.717, 1.165) is 83.5 Å². The van der Waals surface area contributed by atoms with Crippen LogP contribution in [0.25, 0.3) is 0 Å². The molecule has 1 saturated heterocycles. The summed E-state index contributed by atoms with van der Waals surface area (Å²) in [5.74, 6) is -3.10. The van der Waals surface area contributed by atoms with Gasteiger partial charge in [-0.1, -0.05) is 238 Å². The van der Waals surface area contributed by atoms with Gasteiger partial charge in [0.15, 0.2) is 24.6 Å². The molecule has 1 aliphatic rings. The number of ether oxygens (including phenoxy) is 5. The molecule has 6 unspecified atom stereocenters. The second-order valence-corrected chi connectivity index (χ2v) is 21.7. The third-order valence-corrected chi connectivity index (χ3v) is 14.5. The predicted octanol–water partition coefficient (Wildman–Crippen LogP) is 16.2. The molecule has 12 nitrogen and oxygen atoms in total. The molecule has 0 aromatic heterocycles. The molecular weight excluding hydrogens is 949 g/mol. The smallest absolute Gasteiger partial charge is 0.335 e. The van der Waals surface area contributed by atoms with Crippen LogP contribution < -0.4 is 0 Å². The summed E-state index contributed by atoms with van der Waals surface area (Å²) in [5.41, 5.74) is 0. The zero-order valence-electron chi connectivity index (χ0n) is 48.3. The Hall–Kier alpha value is -2.80. The lowest BCUT2D eigenvalue weighted by molar-refractivity contribution is -0.301. The number of aliphatic carboxylic acids is 1. The number of aliphatic hydroxyl groups is 2. The number of unbranched alkanes of at least 4 members (excludes halogenated alkanes) is 36. The van der Waals surface area contributed by atoms with E-state index in [2.05, 4.69) is 45.1 Å². The largest absolute Gasteiger partial charge is 0.479 e. The molecular formula is C63H114O12. The van der Waals surface area contributed by atoms with Crippen molar-refractivity contribution in [1.29, 1.82) is 0 Å². The molecule has 12 heteroatoms. The fourth-order valence-electron chi connectivity index (χ4n) is 9.65. The normalized spacial score (nSPS) is 18.2.